The molecule has 0 aliphatic rings. The molecule has 3 nitrogen and oxygen atoms in total. The van der Waals surface area contributed by atoms with Gasteiger partial charge in [0.15, 0.2) is 12.0 Å². The molecule has 4 heteroatoms. The number of rotatable bonds is 4. The van der Waals surface area contributed by atoms with Crippen LogP contribution < -0.4 is 4.74 Å². The van der Waals surface area contributed by atoms with Crippen molar-refractivity contribution in [2.24, 2.45) is 0 Å². The Bertz CT molecular complexity index is 760. The molecule has 1 aromatic heterocycles. The molecule has 0 aliphatic carbocycles. The monoisotopic (exact) mass is 298 g/mol. The van der Waals surface area contributed by atoms with Crippen molar-refractivity contribution in [3.63, 3.8) is 0 Å². The zero-order valence-corrected chi connectivity index (χ0v) is 11.7. The minimum Gasteiger partial charge on any atom is -0.456 e. The first-order valence-corrected chi connectivity index (χ1v) is 6.72. The summed E-state index contributed by atoms with van der Waals surface area (Å²) in [4.78, 5) is 10.6. The summed E-state index contributed by atoms with van der Waals surface area (Å²) in [5.41, 5.74) is 0.870. The maximum absolute atomic E-state index is 10.6. The van der Waals surface area contributed by atoms with Crippen LogP contribution in [0.4, 0.5) is 0 Å². The van der Waals surface area contributed by atoms with Gasteiger partial charge >= 0.3 is 0 Å². The molecule has 0 radical (unpaired) electrons. The summed E-state index contributed by atoms with van der Waals surface area (Å²) in [6.45, 7) is 0. The molecular formula is C17H11ClO3. The summed E-state index contributed by atoms with van der Waals surface area (Å²) in [5, 5.41) is 0.559. The van der Waals surface area contributed by atoms with Gasteiger partial charge in [0.1, 0.15) is 17.3 Å². The van der Waals surface area contributed by atoms with Gasteiger partial charge in [0, 0.05) is 5.56 Å². The Kier molecular flexibility index (Phi) is 3.75. The molecule has 1 heterocycles. The molecule has 0 N–H and O–H groups in total. The van der Waals surface area contributed by atoms with Crippen molar-refractivity contribution in [1.29, 1.82) is 0 Å². The second-order valence-corrected chi connectivity index (χ2v) is 4.78. The topological polar surface area (TPSA) is 39.4 Å². The number of benzene rings is 2. The van der Waals surface area contributed by atoms with Crippen LogP contribution in [0.3, 0.4) is 0 Å². The molecule has 0 unspecified atom stereocenters. The van der Waals surface area contributed by atoms with Crippen molar-refractivity contribution in [1.82, 2.24) is 0 Å². The fourth-order valence-corrected chi connectivity index (χ4v) is 2.09. The zero-order valence-electron chi connectivity index (χ0n) is 11.0. The van der Waals surface area contributed by atoms with Gasteiger partial charge in [-0.3, -0.25) is 4.79 Å². The van der Waals surface area contributed by atoms with Crippen molar-refractivity contribution < 1.29 is 13.9 Å². The second kappa shape index (κ2) is 5.85. The highest BCUT2D eigenvalue weighted by Crippen LogP contribution is 2.30. The predicted octanol–water partition coefficient (Wildman–Crippen LogP) is 5.20. The van der Waals surface area contributed by atoms with E-state index in [9.17, 15) is 4.79 Å². The Balaban J connectivity index is 1.81. The van der Waals surface area contributed by atoms with E-state index in [-0.39, 0.29) is 0 Å². The summed E-state index contributed by atoms with van der Waals surface area (Å²) < 4.78 is 11.1. The Labute approximate surface area is 126 Å². The highest BCUT2D eigenvalue weighted by Gasteiger charge is 2.06. The summed E-state index contributed by atoms with van der Waals surface area (Å²) in [5.74, 6) is 2.23. The minimum atomic E-state index is 0.307. The smallest absolute Gasteiger partial charge is 0.185 e. The molecule has 0 aliphatic heterocycles. The van der Waals surface area contributed by atoms with Gasteiger partial charge in [-0.15, -0.1) is 0 Å². The van der Waals surface area contributed by atoms with Crippen LogP contribution in [0.2, 0.25) is 5.02 Å². The van der Waals surface area contributed by atoms with Crippen LogP contribution >= 0.6 is 11.6 Å². The first kappa shape index (κ1) is 13.5. The Morgan fingerprint density at radius 1 is 0.952 bits per heavy atom. The second-order valence-electron chi connectivity index (χ2n) is 4.38. The van der Waals surface area contributed by atoms with Crippen LogP contribution in [-0.4, -0.2) is 6.29 Å². The SMILES string of the molecule is O=Cc1ccc(-c2ccc(Oc3ccccc3Cl)cc2)o1. The predicted molar refractivity (Wildman–Crippen MR) is 81.1 cm³/mol. The molecular weight excluding hydrogens is 288 g/mol. The molecule has 0 atom stereocenters. The van der Waals surface area contributed by atoms with Crippen molar-refractivity contribution in [2.45, 2.75) is 0 Å². The fourth-order valence-electron chi connectivity index (χ4n) is 1.91. The zero-order chi connectivity index (χ0) is 14.7. The van der Waals surface area contributed by atoms with Crippen molar-refractivity contribution in [2.75, 3.05) is 0 Å². The van der Waals surface area contributed by atoms with Crippen LogP contribution in [0.15, 0.2) is 65.1 Å². The quantitative estimate of drug-likeness (QED) is 0.621. The molecule has 0 bridgehead atoms. The van der Waals surface area contributed by atoms with Gasteiger partial charge in [-0.2, -0.15) is 0 Å². The van der Waals surface area contributed by atoms with Gasteiger partial charge < -0.3 is 9.15 Å². The number of hydrogen-bond donors (Lipinski definition) is 0. The lowest BCUT2D eigenvalue weighted by molar-refractivity contribution is 0.110. The highest BCUT2D eigenvalue weighted by atomic mass is 35.5. The van der Waals surface area contributed by atoms with E-state index in [1.165, 1.54) is 0 Å². The molecule has 0 fully saturated rings. The fraction of sp³-hybridized carbons (Fsp3) is 0. The molecule has 2 aromatic carbocycles. The normalized spacial score (nSPS) is 10.3. The molecule has 0 amide bonds. The van der Waals surface area contributed by atoms with E-state index in [0.717, 1.165) is 5.56 Å². The summed E-state index contributed by atoms with van der Waals surface area (Å²) >= 11 is 6.05. The van der Waals surface area contributed by atoms with Crippen LogP contribution in [0.1, 0.15) is 10.6 Å². The number of aldehydes is 1. The van der Waals surface area contributed by atoms with Crippen molar-refractivity contribution in [3.8, 4) is 22.8 Å². The Morgan fingerprint density at radius 3 is 2.38 bits per heavy atom. The number of ether oxygens (including phenoxy) is 1. The van der Waals surface area contributed by atoms with Gasteiger partial charge in [0.2, 0.25) is 0 Å². The number of halogens is 1. The lowest BCUT2D eigenvalue weighted by Gasteiger charge is -2.07. The van der Waals surface area contributed by atoms with E-state index in [1.54, 1.807) is 24.3 Å². The maximum Gasteiger partial charge on any atom is 0.185 e. The lowest BCUT2D eigenvalue weighted by atomic mass is 10.2. The molecule has 21 heavy (non-hydrogen) atoms. The third kappa shape index (κ3) is 2.98. The average Bonchev–Trinajstić information content (AvgIpc) is 2.99. The third-order valence-electron chi connectivity index (χ3n) is 2.95. The summed E-state index contributed by atoms with van der Waals surface area (Å²) in [6, 6.07) is 18.0. The van der Waals surface area contributed by atoms with E-state index < -0.39 is 0 Å². The largest absolute Gasteiger partial charge is 0.456 e. The average molecular weight is 299 g/mol. The van der Waals surface area contributed by atoms with Crippen LogP contribution in [0.25, 0.3) is 11.3 Å². The number of carbonyl (C=O) groups is 1. The van der Waals surface area contributed by atoms with Crippen molar-refractivity contribution >= 4 is 17.9 Å². The molecule has 0 saturated heterocycles. The molecule has 3 rings (SSSR count). The lowest BCUT2D eigenvalue weighted by Crippen LogP contribution is -1.85. The van der Waals surface area contributed by atoms with E-state index in [1.807, 2.05) is 36.4 Å². The van der Waals surface area contributed by atoms with E-state index in [2.05, 4.69) is 0 Å². The van der Waals surface area contributed by atoms with Gasteiger partial charge in [-0.1, -0.05) is 23.7 Å². The molecule has 0 saturated carbocycles. The standard InChI is InChI=1S/C17H11ClO3/c18-15-3-1-2-4-17(15)20-13-7-5-12(6-8-13)16-10-9-14(11-19)21-16/h1-11H. The van der Waals surface area contributed by atoms with E-state index >= 15 is 0 Å². The first-order chi connectivity index (χ1) is 10.3. The number of furan rings is 1. The molecule has 0 spiro atoms. The third-order valence-corrected chi connectivity index (χ3v) is 3.26. The number of hydrogen-bond acceptors (Lipinski definition) is 3. The number of carbonyl (C=O) groups excluding carboxylic acids is 1. The molecule has 104 valence electrons. The van der Waals surface area contributed by atoms with Gasteiger partial charge in [0.05, 0.1) is 5.02 Å². The Morgan fingerprint density at radius 2 is 1.71 bits per heavy atom. The van der Waals surface area contributed by atoms with Gasteiger partial charge in [-0.05, 0) is 48.5 Å². The van der Waals surface area contributed by atoms with E-state index in [0.29, 0.717) is 34.3 Å². The maximum atomic E-state index is 10.6. The molecule has 3 aromatic rings. The van der Waals surface area contributed by atoms with Crippen LogP contribution in [0, 0.1) is 0 Å². The van der Waals surface area contributed by atoms with Gasteiger partial charge in [-0.25, -0.2) is 0 Å². The Hall–Kier alpha value is -2.52. The first-order valence-electron chi connectivity index (χ1n) is 6.34. The minimum absolute atomic E-state index is 0.307. The summed E-state index contributed by atoms with van der Waals surface area (Å²) in [6.07, 6.45) is 0.679. The van der Waals surface area contributed by atoms with Crippen LogP contribution in [-0.2, 0) is 0 Å². The van der Waals surface area contributed by atoms with Gasteiger partial charge in [0.25, 0.3) is 0 Å². The number of para-hydroxylation sites is 1. The van der Waals surface area contributed by atoms with Crippen molar-refractivity contribution in [3.05, 3.63) is 71.4 Å². The van der Waals surface area contributed by atoms with Crippen LogP contribution in [0.5, 0.6) is 11.5 Å². The van der Waals surface area contributed by atoms with E-state index in [4.69, 9.17) is 20.8 Å². The summed E-state index contributed by atoms with van der Waals surface area (Å²) in [7, 11) is 0. The highest BCUT2D eigenvalue weighted by molar-refractivity contribution is 6.32.